The molecular formula is C19H25NO10. The van der Waals surface area contributed by atoms with Crippen LogP contribution in [0, 0.1) is 11.3 Å². The summed E-state index contributed by atoms with van der Waals surface area (Å²) < 4.78 is 21.5. The Morgan fingerprint density at radius 3 is 2.27 bits per heavy atom. The van der Waals surface area contributed by atoms with Crippen molar-refractivity contribution in [3.63, 3.8) is 0 Å². The van der Waals surface area contributed by atoms with Crippen LogP contribution in [0.2, 0.25) is 0 Å². The zero-order chi connectivity index (χ0) is 21.8. The fourth-order valence-electron chi connectivity index (χ4n) is 3.23. The lowest BCUT2D eigenvalue weighted by Crippen LogP contribution is -2.60. The van der Waals surface area contributed by atoms with Crippen molar-refractivity contribution in [2.24, 2.45) is 0 Å². The van der Waals surface area contributed by atoms with E-state index in [1.54, 1.807) is 30.3 Å². The predicted octanol–water partition coefficient (Wildman–Crippen LogP) is -2.47. The minimum Gasteiger partial charge on any atom is -0.388 e. The number of aliphatic hydroxyl groups is 6. The van der Waals surface area contributed by atoms with Crippen molar-refractivity contribution in [2.45, 2.75) is 61.4 Å². The van der Waals surface area contributed by atoms with E-state index in [1.807, 2.05) is 6.07 Å². The number of ether oxygens (including phenoxy) is 4. The molecule has 11 heteroatoms. The van der Waals surface area contributed by atoms with Gasteiger partial charge in [0, 0.05) is 0 Å². The molecule has 0 spiro atoms. The van der Waals surface area contributed by atoms with Gasteiger partial charge in [-0.25, -0.2) is 0 Å². The number of hydrogen-bond acceptors (Lipinski definition) is 11. The largest absolute Gasteiger partial charge is 0.388 e. The zero-order valence-corrected chi connectivity index (χ0v) is 15.8. The number of rotatable bonds is 6. The second kappa shape index (κ2) is 10.1. The highest BCUT2D eigenvalue weighted by Gasteiger charge is 2.46. The first-order chi connectivity index (χ1) is 14.3. The highest BCUT2D eigenvalue weighted by molar-refractivity contribution is 5.22. The Balaban J connectivity index is 1.63. The Morgan fingerprint density at radius 2 is 1.60 bits per heavy atom. The second-order valence-corrected chi connectivity index (χ2v) is 7.15. The van der Waals surface area contributed by atoms with Crippen LogP contribution in [-0.4, -0.2) is 99.2 Å². The lowest BCUT2D eigenvalue weighted by Gasteiger charge is -2.41. The molecule has 0 amide bonds. The minimum absolute atomic E-state index is 0.273. The monoisotopic (exact) mass is 427 g/mol. The van der Waals surface area contributed by atoms with Crippen LogP contribution in [0.25, 0.3) is 0 Å². The molecule has 0 saturated carbocycles. The van der Waals surface area contributed by atoms with Gasteiger partial charge < -0.3 is 49.6 Å². The van der Waals surface area contributed by atoms with E-state index < -0.39 is 68.0 Å². The number of nitrogens with zero attached hydrogens (tertiary/aromatic N) is 1. The first-order valence-electron chi connectivity index (χ1n) is 9.40. The molecule has 0 aliphatic carbocycles. The van der Waals surface area contributed by atoms with Gasteiger partial charge in [-0.1, -0.05) is 30.3 Å². The van der Waals surface area contributed by atoms with Gasteiger partial charge in [0.05, 0.1) is 19.3 Å². The van der Waals surface area contributed by atoms with Crippen LogP contribution < -0.4 is 0 Å². The first kappa shape index (κ1) is 23.0. The Kier molecular flexibility index (Phi) is 7.72. The topological polar surface area (TPSA) is 182 Å². The SMILES string of the molecule is N#CC(OC1O[C@H](CO[C@@H]2OC[C@H](O)[C@H](O)[C@H]2O)[C@@H](O)[C@H](O)[C@H]1O)c1ccccc1. The molecule has 1 aromatic carbocycles. The molecule has 2 unspecified atom stereocenters. The van der Waals surface area contributed by atoms with Crippen LogP contribution in [0.4, 0.5) is 0 Å². The number of hydrogen-bond donors (Lipinski definition) is 6. The molecule has 0 radical (unpaired) electrons. The van der Waals surface area contributed by atoms with Gasteiger partial charge in [0.2, 0.25) is 0 Å². The van der Waals surface area contributed by atoms with Gasteiger partial charge in [0.25, 0.3) is 0 Å². The molecule has 11 nitrogen and oxygen atoms in total. The van der Waals surface area contributed by atoms with Crippen LogP contribution in [-0.2, 0) is 18.9 Å². The summed E-state index contributed by atoms with van der Waals surface area (Å²) in [4.78, 5) is 0. The van der Waals surface area contributed by atoms with Crippen LogP contribution in [0.5, 0.6) is 0 Å². The van der Waals surface area contributed by atoms with E-state index >= 15 is 0 Å². The standard InChI is InChI=1S/C19H25NO10/c20-6-11(9-4-2-1-3-5-9)29-19-17(26)15(24)14(23)12(30-19)8-28-18-16(25)13(22)10(21)7-27-18/h1-5,10-19,21-26H,7-8H2/t10-,11?,12+,13-,14+,15-,16+,17+,18-,19?/m0/s1. The molecule has 30 heavy (non-hydrogen) atoms. The Morgan fingerprint density at radius 1 is 0.933 bits per heavy atom. The van der Waals surface area contributed by atoms with Crippen molar-refractivity contribution in [1.82, 2.24) is 0 Å². The summed E-state index contributed by atoms with van der Waals surface area (Å²) in [7, 11) is 0. The fraction of sp³-hybridized carbons (Fsp3) is 0.632. The highest BCUT2D eigenvalue weighted by atomic mass is 16.7. The fourth-order valence-corrected chi connectivity index (χ4v) is 3.23. The predicted molar refractivity (Wildman–Crippen MR) is 96.3 cm³/mol. The third kappa shape index (κ3) is 4.96. The maximum absolute atomic E-state index is 10.2. The van der Waals surface area contributed by atoms with Crippen molar-refractivity contribution in [1.29, 1.82) is 5.26 Å². The number of aliphatic hydroxyl groups excluding tert-OH is 6. The van der Waals surface area contributed by atoms with Crippen LogP contribution in [0.3, 0.4) is 0 Å². The van der Waals surface area contributed by atoms with E-state index in [9.17, 15) is 35.9 Å². The van der Waals surface area contributed by atoms with E-state index in [-0.39, 0.29) is 6.61 Å². The van der Waals surface area contributed by atoms with Gasteiger partial charge in [0.15, 0.2) is 18.7 Å². The van der Waals surface area contributed by atoms with Crippen LogP contribution in [0.1, 0.15) is 11.7 Å². The first-order valence-corrected chi connectivity index (χ1v) is 9.40. The Labute approximate surface area is 172 Å². The molecule has 2 saturated heterocycles. The summed E-state index contributed by atoms with van der Waals surface area (Å²) in [6, 6.07) is 10.4. The molecule has 0 aromatic heterocycles. The maximum atomic E-state index is 10.2. The minimum atomic E-state index is -1.66. The summed E-state index contributed by atoms with van der Waals surface area (Å²) in [5, 5.41) is 69.0. The normalized spacial score (nSPS) is 40.5. The summed E-state index contributed by atoms with van der Waals surface area (Å²) in [6.45, 7) is -0.678. The smallest absolute Gasteiger partial charge is 0.188 e. The highest BCUT2D eigenvalue weighted by Crippen LogP contribution is 2.28. The van der Waals surface area contributed by atoms with Crippen LogP contribution >= 0.6 is 0 Å². The average molecular weight is 427 g/mol. The van der Waals surface area contributed by atoms with Crippen molar-refractivity contribution in [2.75, 3.05) is 13.2 Å². The lowest BCUT2D eigenvalue weighted by atomic mass is 9.99. The summed E-state index contributed by atoms with van der Waals surface area (Å²) in [5.74, 6) is 0. The summed E-state index contributed by atoms with van der Waals surface area (Å²) in [6.07, 6.45) is -14.2. The Bertz CT molecular complexity index is 715. The van der Waals surface area contributed by atoms with Gasteiger partial charge in [-0.2, -0.15) is 5.26 Å². The third-order valence-electron chi connectivity index (χ3n) is 5.04. The second-order valence-electron chi connectivity index (χ2n) is 7.15. The third-order valence-corrected chi connectivity index (χ3v) is 5.04. The average Bonchev–Trinajstić information content (AvgIpc) is 2.76. The summed E-state index contributed by atoms with van der Waals surface area (Å²) in [5.41, 5.74) is 0.510. The molecule has 0 bridgehead atoms. The molecule has 10 atom stereocenters. The maximum Gasteiger partial charge on any atom is 0.188 e. The van der Waals surface area contributed by atoms with Gasteiger partial charge >= 0.3 is 0 Å². The van der Waals surface area contributed by atoms with Crippen LogP contribution in [0.15, 0.2) is 30.3 Å². The van der Waals surface area contributed by atoms with E-state index in [2.05, 4.69) is 0 Å². The summed E-state index contributed by atoms with van der Waals surface area (Å²) >= 11 is 0. The van der Waals surface area contributed by atoms with Crippen molar-refractivity contribution >= 4 is 0 Å². The number of benzene rings is 1. The molecular weight excluding hydrogens is 402 g/mol. The van der Waals surface area contributed by atoms with E-state index in [4.69, 9.17) is 18.9 Å². The zero-order valence-electron chi connectivity index (χ0n) is 15.8. The van der Waals surface area contributed by atoms with E-state index in [0.717, 1.165) is 0 Å². The van der Waals surface area contributed by atoms with Crippen molar-refractivity contribution < 1.29 is 49.6 Å². The van der Waals surface area contributed by atoms with Gasteiger partial charge in [-0.15, -0.1) is 0 Å². The van der Waals surface area contributed by atoms with Gasteiger partial charge in [-0.05, 0) is 5.56 Å². The van der Waals surface area contributed by atoms with Gasteiger partial charge in [-0.3, -0.25) is 0 Å². The molecule has 166 valence electrons. The molecule has 1 aromatic rings. The van der Waals surface area contributed by atoms with Crippen molar-refractivity contribution in [3.8, 4) is 6.07 Å². The van der Waals surface area contributed by atoms with Gasteiger partial charge in [0.1, 0.15) is 42.7 Å². The number of nitriles is 1. The molecule has 2 heterocycles. The van der Waals surface area contributed by atoms with E-state index in [1.165, 1.54) is 0 Å². The molecule has 2 fully saturated rings. The van der Waals surface area contributed by atoms with Crippen molar-refractivity contribution in [3.05, 3.63) is 35.9 Å². The van der Waals surface area contributed by atoms with E-state index in [0.29, 0.717) is 5.56 Å². The molecule has 2 aliphatic rings. The molecule has 2 aliphatic heterocycles. The lowest BCUT2D eigenvalue weighted by molar-refractivity contribution is -0.325. The quantitative estimate of drug-likeness (QED) is 0.283. The Hall–Kier alpha value is -1.69. The molecule has 6 N–H and O–H groups in total. The molecule has 3 rings (SSSR count).